The number of nitrogens with zero attached hydrogens (tertiary/aromatic N) is 6. The molecule has 172 valence electrons. The van der Waals surface area contributed by atoms with Crippen molar-refractivity contribution in [1.29, 1.82) is 5.26 Å². The highest BCUT2D eigenvalue weighted by Crippen LogP contribution is 2.36. The fourth-order valence-electron chi connectivity index (χ4n) is 3.77. The Morgan fingerprint density at radius 1 is 1.15 bits per heavy atom. The molecule has 2 heterocycles. The van der Waals surface area contributed by atoms with E-state index in [0.717, 1.165) is 5.56 Å². The molecular weight excluding hydrogens is 435 g/mol. The van der Waals surface area contributed by atoms with Crippen LogP contribution >= 0.6 is 0 Å². The molecule has 0 fully saturated rings. The molecule has 2 aromatic heterocycles. The second-order valence-electron chi connectivity index (χ2n) is 7.97. The molecule has 0 atom stereocenters. The van der Waals surface area contributed by atoms with E-state index in [4.69, 9.17) is 10.00 Å². The van der Waals surface area contributed by atoms with E-state index in [2.05, 4.69) is 16.0 Å². The van der Waals surface area contributed by atoms with E-state index < -0.39 is 5.82 Å². The number of ether oxygens (including phenoxy) is 1. The van der Waals surface area contributed by atoms with Crippen molar-refractivity contribution in [3.8, 4) is 34.5 Å². The summed E-state index contributed by atoms with van der Waals surface area (Å²) in [6.07, 6.45) is 3.35. The maximum atomic E-state index is 15.2. The van der Waals surface area contributed by atoms with Crippen molar-refractivity contribution in [2.24, 2.45) is 0 Å². The maximum absolute atomic E-state index is 15.2. The lowest BCUT2D eigenvalue weighted by molar-refractivity contribution is 0.179. The van der Waals surface area contributed by atoms with Crippen LogP contribution in [0.15, 0.2) is 54.9 Å². The van der Waals surface area contributed by atoms with Gasteiger partial charge in [0, 0.05) is 51.2 Å². The zero-order chi connectivity index (χ0) is 24.4. The average molecular weight is 458 g/mol. The van der Waals surface area contributed by atoms with Crippen molar-refractivity contribution < 1.29 is 13.9 Å². The number of halogens is 1. The van der Waals surface area contributed by atoms with Crippen molar-refractivity contribution in [1.82, 2.24) is 24.2 Å². The van der Waals surface area contributed by atoms with Gasteiger partial charge in [-0.05, 0) is 23.8 Å². The van der Waals surface area contributed by atoms with E-state index in [9.17, 15) is 4.79 Å². The van der Waals surface area contributed by atoms with Gasteiger partial charge in [-0.2, -0.15) is 10.2 Å². The van der Waals surface area contributed by atoms with Gasteiger partial charge in [-0.3, -0.25) is 4.40 Å². The summed E-state index contributed by atoms with van der Waals surface area (Å²) in [5.41, 5.74) is 3.95. The minimum absolute atomic E-state index is 0.130. The maximum Gasteiger partial charge on any atom is 0.319 e. The lowest BCUT2D eigenvalue weighted by atomic mass is 9.98. The van der Waals surface area contributed by atoms with Gasteiger partial charge in [0.15, 0.2) is 5.65 Å². The van der Waals surface area contributed by atoms with E-state index in [0.29, 0.717) is 39.6 Å². The molecule has 9 heteroatoms. The topological polar surface area (TPSA) is 86.8 Å². The number of hydrogen-bond acceptors (Lipinski definition) is 5. The first kappa shape index (κ1) is 22.7. The van der Waals surface area contributed by atoms with E-state index >= 15 is 4.39 Å². The number of fused-ring (bicyclic) bond motifs is 1. The van der Waals surface area contributed by atoms with Crippen LogP contribution < -0.4 is 4.74 Å². The van der Waals surface area contributed by atoms with E-state index in [1.807, 2.05) is 0 Å². The van der Waals surface area contributed by atoms with Crippen molar-refractivity contribution >= 4 is 11.7 Å². The number of nitriles is 1. The average Bonchev–Trinajstić information content (AvgIpc) is 3.33. The van der Waals surface area contributed by atoms with Gasteiger partial charge in [-0.15, -0.1) is 0 Å². The summed E-state index contributed by atoms with van der Waals surface area (Å²) in [5.74, 6) is -0.442. The number of amides is 2. The Labute approximate surface area is 196 Å². The molecule has 0 aliphatic carbocycles. The third-order valence-electron chi connectivity index (χ3n) is 5.44. The molecular formula is C25H23FN6O2. The molecule has 0 aliphatic rings. The highest BCUT2D eigenvalue weighted by Gasteiger charge is 2.21. The van der Waals surface area contributed by atoms with Crippen LogP contribution in [0.5, 0.6) is 6.01 Å². The number of carbonyl (C=O) groups excluding carboxylic acids is 1. The fraction of sp³-hybridized carbons (Fsp3) is 0.200. The molecule has 2 aromatic carbocycles. The first-order valence-corrected chi connectivity index (χ1v) is 10.5. The summed E-state index contributed by atoms with van der Waals surface area (Å²) < 4.78 is 22.4. The van der Waals surface area contributed by atoms with Crippen molar-refractivity contribution in [2.75, 3.05) is 28.3 Å². The summed E-state index contributed by atoms with van der Waals surface area (Å²) in [7, 11) is 6.44. The normalized spacial score (nSPS) is 10.7. The molecule has 0 bridgehead atoms. The fourth-order valence-corrected chi connectivity index (χ4v) is 3.77. The Morgan fingerprint density at radius 2 is 1.85 bits per heavy atom. The lowest BCUT2D eigenvalue weighted by Gasteiger charge is -2.22. The van der Waals surface area contributed by atoms with Gasteiger partial charge in [0.2, 0.25) is 0 Å². The molecule has 0 N–H and O–H groups in total. The van der Waals surface area contributed by atoms with Crippen molar-refractivity contribution in [3.05, 3.63) is 71.8 Å². The number of imidazole rings is 1. The molecule has 4 aromatic rings. The minimum Gasteiger partial charge on any atom is -0.468 e. The molecule has 4 rings (SSSR count). The smallest absolute Gasteiger partial charge is 0.319 e. The van der Waals surface area contributed by atoms with Crippen LogP contribution in [0, 0.1) is 17.1 Å². The Hall–Kier alpha value is -4.45. The third-order valence-corrected chi connectivity index (χ3v) is 5.44. The Kier molecular flexibility index (Phi) is 6.15. The highest BCUT2D eigenvalue weighted by molar-refractivity contribution is 5.90. The van der Waals surface area contributed by atoms with Gasteiger partial charge in [-0.1, -0.05) is 24.3 Å². The van der Waals surface area contributed by atoms with Gasteiger partial charge >= 0.3 is 12.0 Å². The van der Waals surface area contributed by atoms with Gasteiger partial charge in [0.25, 0.3) is 0 Å². The largest absolute Gasteiger partial charge is 0.468 e. The monoisotopic (exact) mass is 458 g/mol. The molecule has 0 radical (unpaired) electrons. The molecule has 34 heavy (non-hydrogen) atoms. The van der Waals surface area contributed by atoms with Crippen molar-refractivity contribution in [2.45, 2.75) is 6.54 Å². The number of urea groups is 1. The predicted molar refractivity (Wildman–Crippen MR) is 126 cm³/mol. The van der Waals surface area contributed by atoms with Crippen LogP contribution in [0.25, 0.3) is 28.0 Å². The van der Waals surface area contributed by atoms with Gasteiger partial charge < -0.3 is 14.5 Å². The summed E-state index contributed by atoms with van der Waals surface area (Å²) in [5, 5.41) is 9.14. The number of aromatic nitrogens is 3. The molecule has 0 aliphatic heterocycles. The second kappa shape index (κ2) is 9.19. The summed E-state index contributed by atoms with van der Waals surface area (Å²) >= 11 is 0. The molecule has 0 saturated heterocycles. The lowest BCUT2D eigenvalue weighted by Crippen LogP contribution is -2.36. The van der Waals surface area contributed by atoms with Crippen LogP contribution in [0.2, 0.25) is 0 Å². The van der Waals surface area contributed by atoms with Gasteiger partial charge in [0.1, 0.15) is 5.82 Å². The SMILES string of the molecule is COc1nc(-c2ccc(C#N)cc2)c(-c2ccc(CN(C)C(=O)N(C)C)c(F)c2)c2nccn12. The first-order chi connectivity index (χ1) is 16.3. The van der Waals surface area contributed by atoms with Crippen LogP contribution in [0.1, 0.15) is 11.1 Å². The minimum atomic E-state index is -0.442. The van der Waals surface area contributed by atoms with E-state index in [-0.39, 0.29) is 12.6 Å². The molecule has 8 nitrogen and oxygen atoms in total. The Bertz CT molecular complexity index is 1410. The number of hydrogen-bond donors (Lipinski definition) is 0. The highest BCUT2D eigenvalue weighted by atomic mass is 19.1. The number of methoxy groups -OCH3 is 1. The first-order valence-electron chi connectivity index (χ1n) is 10.5. The summed E-state index contributed by atoms with van der Waals surface area (Å²) in [6.45, 7) is 0.130. The predicted octanol–water partition coefficient (Wildman–Crippen LogP) is 4.20. The summed E-state index contributed by atoms with van der Waals surface area (Å²) in [4.78, 5) is 24.2. The van der Waals surface area contributed by atoms with E-state index in [1.165, 1.54) is 23.0 Å². The van der Waals surface area contributed by atoms with Gasteiger partial charge in [0.05, 0.1) is 30.0 Å². The molecule has 0 saturated carbocycles. The quantitative estimate of drug-likeness (QED) is 0.447. The van der Waals surface area contributed by atoms with Crippen LogP contribution in [-0.2, 0) is 6.54 Å². The standard InChI is InChI=1S/C25H23FN6O2/c1-30(2)25(33)31(3)15-19-10-9-18(13-20(19)26)21-22(17-7-5-16(14-27)6-8-17)29-24(34-4)32-12-11-28-23(21)32/h5-13H,15H2,1-4H3. The molecule has 0 unspecified atom stereocenters. The molecule has 2 amide bonds. The van der Waals surface area contributed by atoms with Crippen LogP contribution in [0.4, 0.5) is 9.18 Å². The van der Waals surface area contributed by atoms with Crippen LogP contribution in [0.3, 0.4) is 0 Å². The van der Waals surface area contributed by atoms with E-state index in [1.54, 1.807) is 74.3 Å². The van der Waals surface area contributed by atoms with Crippen molar-refractivity contribution in [3.63, 3.8) is 0 Å². The zero-order valence-corrected chi connectivity index (χ0v) is 19.3. The number of benzene rings is 2. The summed E-state index contributed by atoms with van der Waals surface area (Å²) in [6, 6.07) is 14.1. The zero-order valence-electron chi connectivity index (χ0n) is 19.3. The third kappa shape index (κ3) is 4.13. The number of carbonyl (C=O) groups is 1. The number of rotatable bonds is 5. The Balaban J connectivity index is 1.85. The second-order valence-corrected chi connectivity index (χ2v) is 7.97. The molecule has 0 spiro atoms. The Morgan fingerprint density at radius 3 is 2.47 bits per heavy atom. The van der Waals surface area contributed by atoms with Crippen LogP contribution in [-0.4, -0.2) is 58.5 Å². The van der Waals surface area contributed by atoms with Gasteiger partial charge in [-0.25, -0.2) is 14.2 Å².